The van der Waals surface area contributed by atoms with Crippen LogP contribution in [-0.4, -0.2) is 29.3 Å². The Hall–Kier alpha value is -2.62. The highest BCUT2D eigenvalue weighted by Gasteiger charge is 2.28. The number of aryl methyl sites for hydroxylation is 3. The Balaban J connectivity index is 2.15. The van der Waals surface area contributed by atoms with E-state index in [4.69, 9.17) is 0 Å². The van der Waals surface area contributed by atoms with E-state index in [1.807, 2.05) is 45.0 Å². The molecule has 4 nitrogen and oxygen atoms in total. The van der Waals surface area contributed by atoms with Crippen molar-refractivity contribution in [1.82, 2.24) is 10.2 Å². The summed E-state index contributed by atoms with van der Waals surface area (Å²) in [6.45, 7) is 9.04. The number of hydrogen-bond acceptors (Lipinski definition) is 2. The summed E-state index contributed by atoms with van der Waals surface area (Å²) in [5, 5.41) is 2.88. The van der Waals surface area contributed by atoms with Crippen LogP contribution in [0.3, 0.4) is 0 Å². The topological polar surface area (TPSA) is 49.4 Å². The second-order valence-corrected chi connectivity index (χ2v) is 7.50. The van der Waals surface area contributed by atoms with Crippen molar-refractivity contribution in [3.63, 3.8) is 0 Å². The summed E-state index contributed by atoms with van der Waals surface area (Å²) in [4.78, 5) is 27.5. The van der Waals surface area contributed by atoms with Crippen LogP contribution >= 0.6 is 0 Å². The standard InChI is InChI=1S/C25H34N2O2/c1-5-20-12-14-21(15-13-20)16-17-24(28)27(23(6-2)25(29)26-7-3)18-22-10-8-19(4)9-11-22/h8-15,23H,5-7,16-18H2,1-4H3,(H,26,29)/t23-/m1/s1. The Labute approximate surface area is 175 Å². The summed E-state index contributed by atoms with van der Waals surface area (Å²) in [6, 6.07) is 16.1. The molecule has 0 radical (unpaired) electrons. The third-order valence-electron chi connectivity index (χ3n) is 5.27. The van der Waals surface area contributed by atoms with Gasteiger partial charge in [0.25, 0.3) is 0 Å². The first kappa shape index (κ1) is 22.7. The number of amides is 2. The normalized spacial score (nSPS) is 11.7. The van der Waals surface area contributed by atoms with Crippen LogP contribution in [0.2, 0.25) is 0 Å². The Morgan fingerprint density at radius 3 is 2.03 bits per heavy atom. The largest absolute Gasteiger partial charge is 0.355 e. The van der Waals surface area contributed by atoms with E-state index in [1.54, 1.807) is 4.90 Å². The van der Waals surface area contributed by atoms with Crippen molar-refractivity contribution in [2.75, 3.05) is 6.54 Å². The lowest BCUT2D eigenvalue weighted by Gasteiger charge is -2.30. The molecule has 0 unspecified atom stereocenters. The van der Waals surface area contributed by atoms with Gasteiger partial charge in [-0.05, 0) is 49.8 Å². The molecule has 0 aliphatic carbocycles. The lowest BCUT2D eigenvalue weighted by atomic mass is 10.0. The van der Waals surface area contributed by atoms with Gasteiger partial charge in [0.1, 0.15) is 6.04 Å². The van der Waals surface area contributed by atoms with Crippen LogP contribution in [0.15, 0.2) is 48.5 Å². The van der Waals surface area contributed by atoms with E-state index in [9.17, 15) is 9.59 Å². The SMILES string of the molecule is CCNC(=O)[C@@H](CC)N(Cc1ccc(C)cc1)C(=O)CCc1ccc(CC)cc1. The van der Waals surface area contributed by atoms with Gasteiger partial charge in [-0.25, -0.2) is 0 Å². The summed E-state index contributed by atoms with van der Waals surface area (Å²) in [5.74, 6) is -0.0639. The monoisotopic (exact) mass is 394 g/mol. The van der Waals surface area contributed by atoms with Crippen LogP contribution in [0.1, 0.15) is 55.9 Å². The van der Waals surface area contributed by atoms with E-state index in [-0.39, 0.29) is 11.8 Å². The van der Waals surface area contributed by atoms with E-state index in [1.165, 1.54) is 11.1 Å². The van der Waals surface area contributed by atoms with Gasteiger partial charge >= 0.3 is 0 Å². The number of carbonyl (C=O) groups is 2. The minimum Gasteiger partial charge on any atom is -0.355 e. The van der Waals surface area contributed by atoms with Crippen LogP contribution in [0, 0.1) is 6.92 Å². The molecular formula is C25H34N2O2. The van der Waals surface area contributed by atoms with E-state index in [0.29, 0.717) is 32.4 Å². The summed E-state index contributed by atoms with van der Waals surface area (Å²) in [6.07, 6.45) is 2.68. The zero-order chi connectivity index (χ0) is 21.2. The predicted octanol–water partition coefficient (Wildman–Crippen LogP) is 4.43. The number of rotatable bonds is 10. The van der Waals surface area contributed by atoms with Crippen molar-refractivity contribution in [1.29, 1.82) is 0 Å². The van der Waals surface area contributed by atoms with Crippen molar-refractivity contribution in [3.8, 4) is 0 Å². The molecule has 2 amide bonds. The van der Waals surface area contributed by atoms with E-state index >= 15 is 0 Å². The minimum atomic E-state index is -0.453. The highest BCUT2D eigenvalue weighted by atomic mass is 16.2. The molecule has 2 aromatic rings. The van der Waals surface area contributed by atoms with Crippen LogP contribution < -0.4 is 5.32 Å². The Morgan fingerprint density at radius 2 is 1.48 bits per heavy atom. The maximum Gasteiger partial charge on any atom is 0.242 e. The number of hydrogen-bond donors (Lipinski definition) is 1. The molecule has 0 saturated carbocycles. The molecular weight excluding hydrogens is 360 g/mol. The first-order valence-corrected chi connectivity index (χ1v) is 10.7. The van der Waals surface area contributed by atoms with Gasteiger partial charge in [-0.15, -0.1) is 0 Å². The van der Waals surface area contributed by atoms with Crippen LogP contribution in [0.25, 0.3) is 0 Å². The molecule has 0 aliphatic heterocycles. The van der Waals surface area contributed by atoms with E-state index in [2.05, 4.69) is 36.5 Å². The Bertz CT molecular complexity index is 781. The highest BCUT2D eigenvalue weighted by Crippen LogP contribution is 2.16. The summed E-state index contributed by atoms with van der Waals surface area (Å²) in [7, 11) is 0. The van der Waals surface area contributed by atoms with Gasteiger partial charge < -0.3 is 10.2 Å². The fourth-order valence-electron chi connectivity index (χ4n) is 3.44. The molecule has 4 heteroatoms. The zero-order valence-electron chi connectivity index (χ0n) is 18.2. The molecule has 0 spiro atoms. The minimum absolute atomic E-state index is 0.0169. The van der Waals surface area contributed by atoms with Gasteiger partial charge in [0.05, 0.1) is 0 Å². The summed E-state index contributed by atoms with van der Waals surface area (Å²) < 4.78 is 0. The maximum atomic E-state index is 13.2. The predicted molar refractivity (Wildman–Crippen MR) is 119 cm³/mol. The van der Waals surface area contributed by atoms with Gasteiger partial charge in [-0.2, -0.15) is 0 Å². The quantitative estimate of drug-likeness (QED) is 0.648. The first-order valence-electron chi connectivity index (χ1n) is 10.7. The smallest absolute Gasteiger partial charge is 0.242 e. The number of carbonyl (C=O) groups excluding carboxylic acids is 2. The molecule has 0 saturated heterocycles. The van der Waals surface area contributed by atoms with Crippen molar-refractivity contribution >= 4 is 11.8 Å². The van der Waals surface area contributed by atoms with Crippen molar-refractivity contribution in [2.24, 2.45) is 0 Å². The molecule has 1 atom stereocenters. The van der Waals surface area contributed by atoms with Crippen molar-refractivity contribution < 1.29 is 9.59 Å². The number of nitrogens with zero attached hydrogens (tertiary/aromatic N) is 1. The molecule has 0 heterocycles. The fraction of sp³-hybridized carbons (Fsp3) is 0.440. The molecule has 156 valence electrons. The molecule has 2 aromatic carbocycles. The summed E-state index contributed by atoms with van der Waals surface area (Å²) >= 11 is 0. The maximum absolute atomic E-state index is 13.2. The van der Waals surface area contributed by atoms with Gasteiger partial charge in [-0.1, -0.05) is 67.9 Å². The second kappa shape index (κ2) is 11.4. The van der Waals surface area contributed by atoms with E-state index in [0.717, 1.165) is 17.5 Å². The summed E-state index contributed by atoms with van der Waals surface area (Å²) in [5.41, 5.74) is 4.66. The fourth-order valence-corrected chi connectivity index (χ4v) is 3.44. The molecule has 0 aliphatic rings. The second-order valence-electron chi connectivity index (χ2n) is 7.50. The molecule has 2 rings (SSSR count). The van der Waals surface area contributed by atoms with Crippen molar-refractivity contribution in [3.05, 3.63) is 70.8 Å². The van der Waals surface area contributed by atoms with Crippen LogP contribution in [0.5, 0.6) is 0 Å². The van der Waals surface area contributed by atoms with Gasteiger partial charge in [-0.3, -0.25) is 9.59 Å². The average Bonchev–Trinajstić information content (AvgIpc) is 2.73. The van der Waals surface area contributed by atoms with Crippen LogP contribution in [0.4, 0.5) is 0 Å². The Kier molecular flexibility index (Phi) is 8.91. The van der Waals surface area contributed by atoms with E-state index < -0.39 is 6.04 Å². The third kappa shape index (κ3) is 6.74. The number of likely N-dealkylation sites (N-methyl/N-ethyl adjacent to an activating group) is 1. The molecule has 0 bridgehead atoms. The molecule has 1 N–H and O–H groups in total. The lowest BCUT2D eigenvalue weighted by Crippen LogP contribution is -2.49. The lowest BCUT2D eigenvalue weighted by molar-refractivity contribution is -0.141. The number of benzene rings is 2. The highest BCUT2D eigenvalue weighted by molar-refractivity contribution is 5.87. The van der Waals surface area contributed by atoms with Gasteiger partial charge in [0.2, 0.25) is 11.8 Å². The molecule has 0 aromatic heterocycles. The first-order chi connectivity index (χ1) is 14.0. The molecule has 29 heavy (non-hydrogen) atoms. The van der Waals surface area contributed by atoms with Crippen molar-refractivity contribution in [2.45, 2.75) is 66.0 Å². The Morgan fingerprint density at radius 1 is 0.897 bits per heavy atom. The zero-order valence-corrected chi connectivity index (χ0v) is 18.2. The van der Waals surface area contributed by atoms with Gasteiger partial charge in [0.15, 0.2) is 0 Å². The molecule has 0 fully saturated rings. The third-order valence-corrected chi connectivity index (χ3v) is 5.27. The van der Waals surface area contributed by atoms with Gasteiger partial charge in [0, 0.05) is 19.5 Å². The van der Waals surface area contributed by atoms with Crippen LogP contribution in [-0.2, 0) is 29.0 Å². The number of nitrogens with one attached hydrogen (secondary N) is 1. The average molecular weight is 395 g/mol.